The number of nitrogens with one attached hydrogen (secondary N) is 1. The molecule has 6 nitrogen and oxygen atoms in total. The topological polar surface area (TPSA) is 69.4 Å². The lowest BCUT2D eigenvalue weighted by molar-refractivity contribution is 0.291. The predicted molar refractivity (Wildman–Crippen MR) is 69.4 cm³/mol. The summed E-state index contributed by atoms with van der Waals surface area (Å²) < 4.78 is 15.7. The van der Waals surface area contributed by atoms with Crippen LogP contribution in [0.2, 0.25) is 0 Å². The zero-order valence-corrected chi connectivity index (χ0v) is 10.8. The average molecular weight is 263 g/mol. The van der Waals surface area contributed by atoms with Gasteiger partial charge >= 0.3 is 0 Å². The van der Waals surface area contributed by atoms with Crippen LogP contribution in [0, 0.1) is 0 Å². The molecule has 0 bridgehead atoms. The van der Waals surface area contributed by atoms with Gasteiger partial charge in [-0.1, -0.05) is 17.3 Å². The second kappa shape index (κ2) is 7.38. The number of benzene rings is 1. The molecule has 0 aliphatic rings. The fraction of sp³-hybridized carbons (Fsp3) is 0.385. The van der Waals surface area contributed by atoms with Crippen molar-refractivity contribution in [3.8, 4) is 11.5 Å². The second-order valence-corrected chi connectivity index (χ2v) is 3.83. The minimum Gasteiger partial charge on any atom is -0.493 e. The van der Waals surface area contributed by atoms with Crippen molar-refractivity contribution < 1.29 is 14.0 Å². The van der Waals surface area contributed by atoms with Crippen LogP contribution >= 0.6 is 0 Å². The Morgan fingerprint density at radius 3 is 2.79 bits per heavy atom. The Balaban J connectivity index is 1.61. The van der Waals surface area contributed by atoms with Crippen molar-refractivity contribution in [1.29, 1.82) is 0 Å². The molecule has 0 unspecified atom stereocenters. The summed E-state index contributed by atoms with van der Waals surface area (Å²) in [5, 5.41) is 6.78. The van der Waals surface area contributed by atoms with E-state index in [2.05, 4.69) is 15.5 Å². The minimum absolute atomic E-state index is 0.574. The van der Waals surface area contributed by atoms with Gasteiger partial charge in [-0.25, -0.2) is 0 Å². The summed E-state index contributed by atoms with van der Waals surface area (Å²) in [6.45, 7) is 2.09. The maximum absolute atomic E-state index is 5.63. The third-order valence-corrected chi connectivity index (χ3v) is 2.53. The molecule has 102 valence electrons. The summed E-state index contributed by atoms with van der Waals surface area (Å²) in [5.41, 5.74) is 0. The van der Waals surface area contributed by atoms with Crippen molar-refractivity contribution in [3.05, 3.63) is 36.5 Å². The first-order valence-electron chi connectivity index (χ1n) is 6.12. The van der Waals surface area contributed by atoms with E-state index in [9.17, 15) is 0 Å². The maximum Gasteiger partial charge on any atom is 0.227 e. The Hall–Kier alpha value is -2.08. The molecule has 0 spiro atoms. The van der Waals surface area contributed by atoms with Crippen LogP contribution in [0.4, 0.5) is 0 Å². The van der Waals surface area contributed by atoms with Crippen molar-refractivity contribution >= 4 is 0 Å². The van der Waals surface area contributed by atoms with Gasteiger partial charge in [0.15, 0.2) is 17.8 Å². The molecule has 0 saturated heterocycles. The standard InChI is InChI=1S/C13H17N3O3/c1-17-11-4-2-3-5-12(11)18-9-8-14-7-6-13-15-10-16-19-13/h2-5,10,14H,6-9H2,1H3. The molecular formula is C13H17N3O3. The van der Waals surface area contributed by atoms with Crippen molar-refractivity contribution in [1.82, 2.24) is 15.5 Å². The van der Waals surface area contributed by atoms with E-state index in [1.807, 2.05) is 24.3 Å². The molecular weight excluding hydrogens is 246 g/mol. The van der Waals surface area contributed by atoms with E-state index in [0.717, 1.165) is 24.6 Å². The highest BCUT2D eigenvalue weighted by Gasteiger charge is 2.02. The Labute approximate surface area is 111 Å². The average Bonchev–Trinajstić information content (AvgIpc) is 2.96. The second-order valence-electron chi connectivity index (χ2n) is 3.83. The molecule has 0 saturated carbocycles. The van der Waals surface area contributed by atoms with Crippen LogP contribution in [-0.4, -0.2) is 36.9 Å². The van der Waals surface area contributed by atoms with Gasteiger partial charge in [0.1, 0.15) is 6.61 Å². The maximum atomic E-state index is 5.63. The fourth-order valence-corrected chi connectivity index (χ4v) is 1.60. The van der Waals surface area contributed by atoms with Gasteiger partial charge in [-0.2, -0.15) is 4.98 Å². The molecule has 19 heavy (non-hydrogen) atoms. The molecule has 1 aromatic carbocycles. The number of rotatable bonds is 8. The number of para-hydroxylation sites is 2. The van der Waals surface area contributed by atoms with E-state index < -0.39 is 0 Å². The predicted octanol–water partition coefficient (Wildman–Crippen LogP) is 1.29. The van der Waals surface area contributed by atoms with Crippen LogP contribution in [0.25, 0.3) is 0 Å². The van der Waals surface area contributed by atoms with E-state index >= 15 is 0 Å². The van der Waals surface area contributed by atoms with Gasteiger partial charge in [-0.3, -0.25) is 0 Å². The first-order valence-corrected chi connectivity index (χ1v) is 6.12. The van der Waals surface area contributed by atoms with Crippen LogP contribution in [0.3, 0.4) is 0 Å². The summed E-state index contributed by atoms with van der Waals surface area (Å²) in [4.78, 5) is 3.94. The summed E-state index contributed by atoms with van der Waals surface area (Å²) in [7, 11) is 1.63. The van der Waals surface area contributed by atoms with Crippen LogP contribution in [0.1, 0.15) is 5.89 Å². The quantitative estimate of drug-likeness (QED) is 0.724. The lowest BCUT2D eigenvalue weighted by atomic mass is 10.3. The van der Waals surface area contributed by atoms with Crippen LogP contribution in [-0.2, 0) is 6.42 Å². The van der Waals surface area contributed by atoms with E-state index in [1.165, 1.54) is 6.33 Å². The number of ether oxygens (including phenoxy) is 2. The Kier molecular flexibility index (Phi) is 5.18. The Bertz CT molecular complexity index is 474. The first-order chi connectivity index (χ1) is 9.40. The monoisotopic (exact) mass is 263 g/mol. The Morgan fingerprint density at radius 1 is 1.21 bits per heavy atom. The van der Waals surface area contributed by atoms with Crippen LogP contribution < -0.4 is 14.8 Å². The highest BCUT2D eigenvalue weighted by molar-refractivity contribution is 5.39. The van der Waals surface area contributed by atoms with E-state index in [4.69, 9.17) is 14.0 Å². The van der Waals surface area contributed by atoms with Crippen LogP contribution in [0.15, 0.2) is 35.1 Å². The number of hydrogen-bond donors (Lipinski definition) is 1. The van der Waals surface area contributed by atoms with Crippen molar-refractivity contribution in [3.63, 3.8) is 0 Å². The molecule has 0 aliphatic heterocycles. The SMILES string of the molecule is COc1ccccc1OCCNCCc1ncno1. The highest BCUT2D eigenvalue weighted by Crippen LogP contribution is 2.25. The molecule has 6 heteroatoms. The first kappa shape index (κ1) is 13.4. The molecule has 1 heterocycles. The lowest BCUT2D eigenvalue weighted by Crippen LogP contribution is -2.23. The highest BCUT2D eigenvalue weighted by atomic mass is 16.5. The van der Waals surface area contributed by atoms with Gasteiger partial charge in [0.05, 0.1) is 7.11 Å². The van der Waals surface area contributed by atoms with Crippen molar-refractivity contribution in [2.45, 2.75) is 6.42 Å². The minimum atomic E-state index is 0.574. The number of methoxy groups -OCH3 is 1. The fourth-order valence-electron chi connectivity index (χ4n) is 1.60. The summed E-state index contributed by atoms with van der Waals surface area (Å²) in [5.74, 6) is 2.13. The molecule has 0 atom stereocenters. The summed E-state index contributed by atoms with van der Waals surface area (Å²) in [6.07, 6.45) is 2.12. The van der Waals surface area contributed by atoms with Gasteiger partial charge in [0.25, 0.3) is 0 Å². The van der Waals surface area contributed by atoms with Gasteiger partial charge in [0, 0.05) is 19.5 Å². The molecule has 2 rings (SSSR count). The number of nitrogens with zero attached hydrogens (tertiary/aromatic N) is 2. The molecule has 0 fully saturated rings. The zero-order valence-electron chi connectivity index (χ0n) is 10.8. The van der Waals surface area contributed by atoms with Crippen molar-refractivity contribution in [2.75, 3.05) is 26.8 Å². The molecule has 1 aromatic heterocycles. The molecule has 0 radical (unpaired) electrons. The normalized spacial score (nSPS) is 10.4. The van der Waals surface area contributed by atoms with E-state index in [1.54, 1.807) is 7.11 Å². The number of aromatic nitrogens is 2. The van der Waals surface area contributed by atoms with Gasteiger partial charge in [-0.05, 0) is 12.1 Å². The Morgan fingerprint density at radius 2 is 2.05 bits per heavy atom. The summed E-state index contributed by atoms with van der Waals surface area (Å²) in [6, 6.07) is 7.59. The largest absolute Gasteiger partial charge is 0.493 e. The van der Waals surface area contributed by atoms with E-state index in [-0.39, 0.29) is 0 Å². The van der Waals surface area contributed by atoms with Crippen molar-refractivity contribution in [2.24, 2.45) is 0 Å². The number of hydrogen-bond acceptors (Lipinski definition) is 6. The molecule has 0 aliphatic carbocycles. The molecule has 0 amide bonds. The third kappa shape index (κ3) is 4.26. The third-order valence-electron chi connectivity index (χ3n) is 2.53. The zero-order chi connectivity index (χ0) is 13.3. The van der Waals surface area contributed by atoms with Gasteiger partial charge in [0.2, 0.25) is 5.89 Å². The summed E-state index contributed by atoms with van der Waals surface area (Å²) >= 11 is 0. The van der Waals surface area contributed by atoms with Crippen LogP contribution in [0.5, 0.6) is 11.5 Å². The smallest absolute Gasteiger partial charge is 0.227 e. The van der Waals surface area contributed by atoms with E-state index in [0.29, 0.717) is 18.9 Å². The molecule has 1 N–H and O–H groups in total. The van der Waals surface area contributed by atoms with Gasteiger partial charge < -0.3 is 19.3 Å². The molecule has 2 aromatic rings. The van der Waals surface area contributed by atoms with Gasteiger partial charge in [-0.15, -0.1) is 0 Å². The lowest BCUT2D eigenvalue weighted by Gasteiger charge is -2.10.